The van der Waals surface area contributed by atoms with Crippen molar-refractivity contribution >= 4 is 43.0 Å². The normalized spacial score (nSPS) is 15.9. The number of hydrogen-bond donors (Lipinski definition) is 1. The lowest BCUT2D eigenvalue weighted by Gasteiger charge is -2.21. The molecule has 1 N–H and O–H groups in total. The third-order valence-electron chi connectivity index (χ3n) is 5.28. The van der Waals surface area contributed by atoms with Gasteiger partial charge in [-0.25, -0.2) is 21.1 Å². The number of amides is 1. The Balaban J connectivity index is 1.92. The lowest BCUT2D eigenvalue weighted by Crippen LogP contribution is -2.29. The monoisotopic (exact) mass is 465 g/mol. The van der Waals surface area contributed by atoms with Crippen LogP contribution in [0.4, 0.5) is 17.1 Å². The van der Waals surface area contributed by atoms with E-state index in [2.05, 4.69) is 23.5 Å². The second kappa shape index (κ2) is 8.51. The van der Waals surface area contributed by atoms with Crippen LogP contribution in [0.25, 0.3) is 0 Å². The molecule has 10 heteroatoms. The van der Waals surface area contributed by atoms with Crippen LogP contribution in [-0.4, -0.2) is 41.6 Å². The summed E-state index contributed by atoms with van der Waals surface area (Å²) in [7, 11) is -7.64. The highest BCUT2D eigenvalue weighted by Gasteiger charge is 2.37. The Bertz CT molecular complexity index is 1180. The lowest BCUT2D eigenvalue weighted by molar-refractivity contribution is -0.116. The molecular weight excluding hydrogens is 438 g/mol. The van der Waals surface area contributed by atoms with Crippen LogP contribution in [0.1, 0.15) is 31.4 Å². The fourth-order valence-electron chi connectivity index (χ4n) is 3.87. The van der Waals surface area contributed by atoms with Gasteiger partial charge in [-0.15, -0.1) is 0 Å². The molecule has 0 aromatic heterocycles. The molecule has 8 nitrogen and oxygen atoms in total. The summed E-state index contributed by atoms with van der Waals surface area (Å²) < 4.78 is 53.9. The van der Waals surface area contributed by atoms with Crippen LogP contribution < -0.4 is 13.9 Å². The zero-order chi connectivity index (χ0) is 23.0. The Hall–Kier alpha value is -2.59. The first-order chi connectivity index (χ1) is 14.5. The summed E-state index contributed by atoms with van der Waals surface area (Å²) in [4.78, 5) is 14.3. The number of hydrogen-bond acceptors (Lipinski definition) is 6. The van der Waals surface area contributed by atoms with E-state index in [1.807, 2.05) is 12.1 Å². The van der Waals surface area contributed by atoms with E-state index >= 15 is 0 Å². The minimum Gasteiger partial charge on any atom is -0.372 e. The molecule has 1 amide bonds. The molecule has 168 valence electrons. The summed E-state index contributed by atoms with van der Waals surface area (Å²) in [5, 5.41) is 0. The maximum atomic E-state index is 13.1. The zero-order valence-electron chi connectivity index (χ0n) is 18.0. The number of carbonyl (C=O) groups excluding carboxylic acids is 1. The highest BCUT2D eigenvalue weighted by Crippen LogP contribution is 2.32. The molecule has 1 heterocycles. The minimum atomic E-state index is -3.92. The molecule has 2 aromatic carbocycles. The molecule has 1 saturated heterocycles. The minimum absolute atomic E-state index is 0.0631. The van der Waals surface area contributed by atoms with Gasteiger partial charge in [-0.3, -0.25) is 9.52 Å². The maximum Gasteiger partial charge on any atom is 0.262 e. The number of anilines is 3. The number of nitrogens with zero attached hydrogens (tertiary/aromatic N) is 2. The Morgan fingerprint density at radius 1 is 1.03 bits per heavy atom. The molecule has 0 unspecified atom stereocenters. The largest absolute Gasteiger partial charge is 0.372 e. The maximum absolute atomic E-state index is 13.1. The van der Waals surface area contributed by atoms with E-state index in [4.69, 9.17) is 0 Å². The molecule has 0 atom stereocenters. The summed E-state index contributed by atoms with van der Waals surface area (Å²) in [6, 6.07) is 9.98. The van der Waals surface area contributed by atoms with Gasteiger partial charge in [0.25, 0.3) is 10.0 Å². The van der Waals surface area contributed by atoms with Crippen LogP contribution in [0, 0.1) is 13.8 Å². The summed E-state index contributed by atoms with van der Waals surface area (Å²) in [6.45, 7) is 8.97. The third-order valence-corrected chi connectivity index (χ3v) is 8.65. The van der Waals surface area contributed by atoms with Crippen molar-refractivity contribution in [1.82, 2.24) is 0 Å². The van der Waals surface area contributed by atoms with Crippen molar-refractivity contribution in [2.75, 3.05) is 32.8 Å². The predicted octanol–water partition coefficient (Wildman–Crippen LogP) is 3.02. The lowest BCUT2D eigenvalue weighted by atomic mass is 10.1. The van der Waals surface area contributed by atoms with Crippen LogP contribution >= 0.6 is 0 Å². The van der Waals surface area contributed by atoms with Crippen LogP contribution in [0.15, 0.2) is 41.3 Å². The standard InChI is InChI=1S/C21H27N3O5S2/c1-5-23(6-2)18-9-7-17(8-10-18)22-31(28,29)21-15(3)13-19(14-16(21)4)24-20(25)11-12-30(24,26)27/h7-10,13-14,22H,5-6,11-12H2,1-4H3. The topological polar surface area (TPSA) is 104 Å². The van der Waals surface area contributed by atoms with E-state index in [9.17, 15) is 21.6 Å². The molecule has 2 aromatic rings. The summed E-state index contributed by atoms with van der Waals surface area (Å²) in [5.74, 6) is -0.754. The number of aryl methyl sites for hydroxylation is 2. The molecule has 1 aliphatic rings. The van der Waals surface area contributed by atoms with E-state index in [0.29, 0.717) is 16.8 Å². The SMILES string of the molecule is CCN(CC)c1ccc(NS(=O)(=O)c2c(C)cc(N3C(=O)CCS3(=O)=O)cc2C)cc1. The Morgan fingerprint density at radius 3 is 2.03 bits per heavy atom. The van der Waals surface area contributed by atoms with Crippen molar-refractivity contribution in [1.29, 1.82) is 0 Å². The number of carbonyl (C=O) groups is 1. The van der Waals surface area contributed by atoms with Gasteiger partial charge in [-0.1, -0.05) is 0 Å². The average molecular weight is 466 g/mol. The number of rotatable bonds is 7. The van der Waals surface area contributed by atoms with Gasteiger partial charge in [0.2, 0.25) is 15.9 Å². The molecular formula is C21H27N3O5S2. The Kier molecular flexibility index (Phi) is 6.33. The summed E-state index contributed by atoms with van der Waals surface area (Å²) in [5.41, 5.74) is 2.31. The van der Waals surface area contributed by atoms with Crippen molar-refractivity contribution < 1.29 is 21.6 Å². The van der Waals surface area contributed by atoms with Gasteiger partial charge >= 0.3 is 0 Å². The van der Waals surface area contributed by atoms with Crippen LogP contribution in [-0.2, 0) is 24.8 Å². The van der Waals surface area contributed by atoms with Crippen molar-refractivity contribution in [2.24, 2.45) is 0 Å². The van der Waals surface area contributed by atoms with Gasteiger partial charge in [0.15, 0.2) is 0 Å². The number of benzene rings is 2. The second-order valence-corrected chi connectivity index (χ2v) is 11.0. The average Bonchev–Trinajstić information content (AvgIpc) is 2.95. The molecule has 0 bridgehead atoms. The third kappa shape index (κ3) is 4.54. The highest BCUT2D eigenvalue weighted by atomic mass is 32.2. The van der Waals surface area contributed by atoms with Crippen molar-refractivity contribution in [3.05, 3.63) is 47.5 Å². The first-order valence-corrected chi connectivity index (χ1v) is 13.1. The molecule has 0 spiro atoms. The van der Waals surface area contributed by atoms with E-state index in [0.717, 1.165) is 23.1 Å². The number of nitrogens with one attached hydrogen (secondary N) is 1. The highest BCUT2D eigenvalue weighted by molar-refractivity contribution is 7.94. The number of sulfonamides is 2. The van der Waals surface area contributed by atoms with Gasteiger partial charge < -0.3 is 4.90 Å². The van der Waals surface area contributed by atoms with Gasteiger partial charge in [0.1, 0.15) is 0 Å². The fraction of sp³-hybridized carbons (Fsp3) is 0.381. The molecule has 31 heavy (non-hydrogen) atoms. The van der Waals surface area contributed by atoms with Gasteiger partial charge in [-0.2, -0.15) is 0 Å². The van der Waals surface area contributed by atoms with E-state index < -0.39 is 26.0 Å². The van der Waals surface area contributed by atoms with Gasteiger partial charge in [0.05, 0.1) is 16.3 Å². The van der Waals surface area contributed by atoms with Crippen LogP contribution in [0.2, 0.25) is 0 Å². The van der Waals surface area contributed by atoms with Crippen molar-refractivity contribution in [3.63, 3.8) is 0 Å². The van der Waals surface area contributed by atoms with Crippen molar-refractivity contribution in [3.8, 4) is 0 Å². The predicted molar refractivity (Wildman–Crippen MR) is 123 cm³/mol. The van der Waals surface area contributed by atoms with Crippen LogP contribution in [0.3, 0.4) is 0 Å². The first kappa shape index (κ1) is 23.1. The molecule has 0 radical (unpaired) electrons. The molecule has 0 saturated carbocycles. The van der Waals surface area contributed by atoms with Gasteiger partial charge in [0, 0.05) is 30.9 Å². The summed E-state index contributed by atoms with van der Waals surface area (Å²) in [6.07, 6.45) is -0.0779. The Labute approximate surface area is 184 Å². The first-order valence-electron chi connectivity index (χ1n) is 10.0. The zero-order valence-corrected chi connectivity index (χ0v) is 19.7. The van der Waals surface area contributed by atoms with E-state index in [1.165, 1.54) is 12.1 Å². The molecule has 1 fully saturated rings. The molecule has 1 aliphatic heterocycles. The Morgan fingerprint density at radius 2 is 1.58 bits per heavy atom. The smallest absolute Gasteiger partial charge is 0.262 e. The van der Waals surface area contributed by atoms with Gasteiger partial charge in [-0.05, 0) is 75.2 Å². The quantitative estimate of drug-likeness (QED) is 0.674. The molecule has 0 aliphatic carbocycles. The summed E-state index contributed by atoms with van der Waals surface area (Å²) >= 11 is 0. The van der Waals surface area contributed by atoms with Crippen molar-refractivity contribution in [2.45, 2.75) is 39.0 Å². The van der Waals surface area contributed by atoms with Crippen LogP contribution in [0.5, 0.6) is 0 Å². The molecule has 3 rings (SSSR count). The van der Waals surface area contributed by atoms with E-state index in [-0.39, 0.29) is 22.8 Å². The van der Waals surface area contributed by atoms with E-state index in [1.54, 1.807) is 26.0 Å². The fourth-order valence-corrected chi connectivity index (χ4v) is 6.83. The second-order valence-electron chi connectivity index (χ2n) is 7.46.